The highest BCUT2D eigenvalue weighted by atomic mass is 16.5. The minimum atomic E-state index is -0.563. The highest BCUT2D eigenvalue weighted by Gasteiger charge is 2.34. The Labute approximate surface area is 128 Å². The van der Waals surface area contributed by atoms with E-state index in [1.807, 2.05) is 18.2 Å². The van der Waals surface area contributed by atoms with Crippen LogP contribution in [0.4, 0.5) is 5.69 Å². The Morgan fingerprint density at radius 2 is 2.23 bits per heavy atom. The van der Waals surface area contributed by atoms with Gasteiger partial charge in [0.1, 0.15) is 5.70 Å². The quantitative estimate of drug-likeness (QED) is 0.767. The fourth-order valence-corrected chi connectivity index (χ4v) is 2.27. The molecule has 0 unspecified atom stereocenters. The molecule has 0 spiro atoms. The zero-order valence-corrected chi connectivity index (χ0v) is 12.3. The molecule has 0 bridgehead atoms. The highest BCUT2D eigenvalue weighted by molar-refractivity contribution is 6.08. The van der Waals surface area contributed by atoms with Crippen LogP contribution < -0.4 is 5.32 Å². The van der Waals surface area contributed by atoms with E-state index in [2.05, 4.69) is 11.9 Å². The number of hydrogen-bond acceptors (Lipinski definition) is 5. The van der Waals surface area contributed by atoms with Gasteiger partial charge in [-0.25, -0.2) is 4.79 Å². The number of para-hydroxylation sites is 1. The Hall–Kier alpha value is -2.60. The Balaban J connectivity index is 2.36. The summed E-state index contributed by atoms with van der Waals surface area (Å²) in [5.74, 6) is -0.902. The molecule has 0 aliphatic carbocycles. The number of nitrogens with zero attached hydrogens (tertiary/aromatic N) is 1. The molecule has 1 aromatic carbocycles. The first-order chi connectivity index (χ1) is 10.6. The molecular weight excluding hydrogens is 284 g/mol. The standard InChI is InChI=1S/C16H18N2O4/c1-3-11-6-4-5-7-13(11)17-14-12(16(21)22-2)10-18(8-9-19)15(14)20/h3-7,17,19H,1,8-10H2,2H3. The van der Waals surface area contributed by atoms with Crippen LogP contribution in [-0.2, 0) is 14.3 Å². The Morgan fingerprint density at radius 1 is 1.50 bits per heavy atom. The van der Waals surface area contributed by atoms with Gasteiger partial charge in [-0.1, -0.05) is 30.9 Å². The second-order valence-electron chi connectivity index (χ2n) is 4.71. The maximum absolute atomic E-state index is 12.4. The maximum Gasteiger partial charge on any atom is 0.337 e. The van der Waals surface area contributed by atoms with Crippen molar-refractivity contribution in [1.29, 1.82) is 0 Å². The summed E-state index contributed by atoms with van der Waals surface area (Å²) in [6.07, 6.45) is 1.66. The predicted molar refractivity (Wildman–Crippen MR) is 82.9 cm³/mol. The van der Waals surface area contributed by atoms with E-state index < -0.39 is 5.97 Å². The van der Waals surface area contributed by atoms with Gasteiger partial charge in [-0.05, 0) is 11.6 Å². The van der Waals surface area contributed by atoms with E-state index in [9.17, 15) is 9.59 Å². The first-order valence-electron chi connectivity index (χ1n) is 6.82. The largest absolute Gasteiger partial charge is 0.466 e. The van der Waals surface area contributed by atoms with Crippen LogP contribution in [0.5, 0.6) is 0 Å². The number of carbonyl (C=O) groups is 2. The number of hydrogen-bond donors (Lipinski definition) is 2. The molecule has 0 aromatic heterocycles. The summed E-state index contributed by atoms with van der Waals surface area (Å²) in [4.78, 5) is 25.7. The number of benzene rings is 1. The third kappa shape index (κ3) is 3.01. The molecule has 6 heteroatoms. The summed E-state index contributed by atoms with van der Waals surface area (Å²) in [6, 6.07) is 7.31. The lowest BCUT2D eigenvalue weighted by Gasteiger charge is -2.15. The van der Waals surface area contributed by atoms with Gasteiger partial charge in [0, 0.05) is 12.2 Å². The summed E-state index contributed by atoms with van der Waals surface area (Å²) in [7, 11) is 1.27. The number of β-amino-alcohol motifs (C(OH)–C–C–N with tert-alkyl or cyclic N) is 1. The number of anilines is 1. The van der Waals surface area contributed by atoms with Gasteiger partial charge >= 0.3 is 5.97 Å². The average Bonchev–Trinajstić information content (AvgIpc) is 2.84. The average molecular weight is 302 g/mol. The molecule has 6 nitrogen and oxygen atoms in total. The Morgan fingerprint density at radius 3 is 2.86 bits per heavy atom. The molecule has 116 valence electrons. The summed E-state index contributed by atoms with van der Waals surface area (Å²) in [5, 5.41) is 12.0. The fraction of sp³-hybridized carbons (Fsp3) is 0.250. The van der Waals surface area contributed by atoms with Crippen LogP contribution in [-0.4, -0.2) is 48.7 Å². The zero-order chi connectivity index (χ0) is 16.1. The van der Waals surface area contributed by atoms with Gasteiger partial charge in [-0.2, -0.15) is 0 Å². The third-order valence-corrected chi connectivity index (χ3v) is 3.39. The number of aliphatic hydroxyl groups is 1. The number of carbonyl (C=O) groups excluding carboxylic acids is 2. The number of aliphatic hydroxyl groups excluding tert-OH is 1. The molecule has 0 fully saturated rings. The molecule has 2 rings (SSSR count). The van der Waals surface area contributed by atoms with Crippen LogP contribution in [0.2, 0.25) is 0 Å². The van der Waals surface area contributed by atoms with Crippen LogP contribution in [0.1, 0.15) is 5.56 Å². The molecule has 0 saturated heterocycles. The summed E-state index contributed by atoms with van der Waals surface area (Å²) in [5.41, 5.74) is 1.91. The van der Waals surface area contributed by atoms with Gasteiger partial charge in [0.2, 0.25) is 0 Å². The summed E-state index contributed by atoms with van der Waals surface area (Å²) < 4.78 is 4.74. The van der Waals surface area contributed by atoms with Gasteiger partial charge in [-0.3, -0.25) is 4.79 Å². The van der Waals surface area contributed by atoms with Gasteiger partial charge in [-0.15, -0.1) is 0 Å². The lowest BCUT2D eigenvalue weighted by atomic mass is 10.1. The van der Waals surface area contributed by atoms with E-state index >= 15 is 0 Å². The molecule has 0 atom stereocenters. The lowest BCUT2D eigenvalue weighted by molar-refractivity contribution is -0.136. The number of methoxy groups -OCH3 is 1. The third-order valence-electron chi connectivity index (χ3n) is 3.39. The second kappa shape index (κ2) is 6.91. The van der Waals surface area contributed by atoms with Crippen molar-refractivity contribution in [3.05, 3.63) is 47.7 Å². The van der Waals surface area contributed by atoms with E-state index in [0.29, 0.717) is 5.69 Å². The Kier molecular flexibility index (Phi) is 4.95. The molecule has 1 heterocycles. The Bertz CT molecular complexity index is 637. The van der Waals surface area contributed by atoms with E-state index in [1.165, 1.54) is 12.0 Å². The molecule has 0 radical (unpaired) electrons. The second-order valence-corrected chi connectivity index (χ2v) is 4.71. The van der Waals surface area contributed by atoms with Crippen molar-refractivity contribution >= 4 is 23.6 Å². The molecule has 1 aliphatic heterocycles. The number of ether oxygens (including phenoxy) is 1. The monoisotopic (exact) mass is 302 g/mol. The van der Waals surface area contributed by atoms with E-state index in [-0.39, 0.29) is 36.9 Å². The van der Waals surface area contributed by atoms with Crippen LogP contribution in [0.25, 0.3) is 6.08 Å². The number of amides is 1. The molecule has 1 aliphatic rings. The smallest absolute Gasteiger partial charge is 0.337 e. The van der Waals surface area contributed by atoms with E-state index in [1.54, 1.807) is 12.1 Å². The molecule has 2 N–H and O–H groups in total. The normalized spacial score (nSPS) is 14.3. The van der Waals surface area contributed by atoms with Crippen LogP contribution >= 0.6 is 0 Å². The van der Waals surface area contributed by atoms with Crippen LogP contribution in [0.15, 0.2) is 42.1 Å². The molecule has 1 amide bonds. The van der Waals surface area contributed by atoms with Crippen molar-refractivity contribution in [2.75, 3.05) is 32.1 Å². The number of rotatable bonds is 6. The van der Waals surface area contributed by atoms with Gasteiger partial charge < -0.3 is 20.1 Å². The van der Waals surface area contributed by atoms with E-state index in [0.717, 1.165) is 5.56 Å². The first kappa shape index (κ1) is 15.8. The minimum absolute atomic E-state index is 0.116. The summed E-state index contributed by atoms with van der Waals surface area (Å²) >= 11 is 0. The molecule has 1 aromatic rings. The number of esters is 1. The minimum Gasteiger partial charge on any atom is -0.466 e. The van der Waals surface area contributed by atoms with Gasteiger partial charge in [0.05, 0.1) is 25.8 Å². The van der Waals surface area contributed by atoms with Crippen molar-refractivity contribution in [3.8, 4) is 0 Å². The van der Waals surface area contributed by atoms with Gasteiger partial charge in [0.15, 0.2) is 0 Å². The first-order valence-corrected chi connectivity index (χ1v) is 6.82. The molecular formula is C16H18N2O4. The van der Waals surface area contributed by atoms with Crippen molar-refractivity contribution in [1.82, 2.24) is 4.90 Å². The zero-order valence-electron chi connectivity index (χ0n) is 12.3. The molecule has 22 heavy (non-hydrogen) atoms. The molecule has 0 saturated carbocycles. The van der Waals surface area contributed by atoms with E-state index in [4.69, 9.17) is 9.84 Å². The number of nitrogens with one attached hydrogen (secondary N) is 1. The van der Waals surface area contributed by atoms with Crippen molar-refractivity contribution in [3.63, 3.8) is 0 Å². The van der Waals surface area contributed by atoms with Crippen LogP contribution in [0.3, 0.4) is 0 Å². The maximum atomic E-state index is 12.4. The predicted octanol–water partition coefficient (Wildman–Crippen LogP) is 1.00. The summed E-state index contributed by atoms with van der Waals surface area (Å²) in [6.45, 7) is 3.83. The van der Waals surface area contributed by atoms with Crippen molar-refractivity contribution < 1.29 is 19.4 Å². The topological polar surface area (TPSA) is 78.9 Å². The lowest BCUT2D eigenvalue weighted by Crippen LogP contribution is -2.31. The highest BCUT2D eigenvalue weighted by Crippen LogP contribution is 2.25. The van der Waals surface area contributed by atoms with Gasteiger partial charge in [0.25, 0.3) is 5.91 Å². The fourth-order valence-electron chi connectivity index (χ4n) is 2.27. The van der Waals surface area contributed by atoms with Crippen molar-refractivity contribution in [2.45, 2.75) is 0 Å². The SMILES string of the molecule is C=Cc1ccccc1NC1=C(C(=O)OC)CN(CCO)C1=O. The van der Waals surface area contributed by atoms with Crippen LogP contribution in [0, 0.1) is 0 Å². The van der Waals surface area contributed by atoms with Crippen molar-refractivity contribution in [2.24, 2.45) is 0 Å².